The molecule has 0 aromatic heterocycles. The van der Waals surface area contributed by atoms with Gasteiger partial charge in [0, 0.05) is 18.2 Å². The molecule has 1 aromatic carbocycles. The van der Waals surface area contributed by atoms with Gasteiger partial charge in [0.15, 0.2) is 0 Å². The van der Waals surface area contributed by atoms with Gasteiger partial charge in [-0.1, -0.05) is 35.3 Å². The maximum atomic E-state index is 13.1. The van der Waals surface area contributed by atoms with Gasteiger partial charge in [0.25, 0.3) is 0 Å². The molecule has 8 nitrogen and oxygen atoms in total. The number of esters is 2. The molecule has 176 valence electrons. The Morgan fingerprint density at radius 1 is 1.16 bits per heavy atom. The average Bonchev–Trinajstić information content (AvgIpc) is 2.77. The zero-order valence-electron chi connectivity index (χ0n) is 18.4. The molecule has 0 saturated carbocycles. The second-order valence-corrected chi connectivity index (χ2v) is 7.69. The van der Waals surface area contributed by atoms with Crippen molar-refractivity contribution in [2.75, 3.05) is 46.7 Å². The summed E-state index contributed by atoms with van der Waals surface area (Å²) in [7, 11) is 1.28. The highest BCUT2D eigenvalue weighted by molar-refractivity contribution is 6.42. The van der Waals surface area contributed by atoms with E-state index in [1.807, 2.05) is 0 Å². The van der Waals surface area contributed by atoms with Crippen LogP contribution in [0.15, 0.2) is 34.5 Å². The average molecular weight is 487 g/mol. The lowest BCUT2D eigenvalue weighted by Gasteiger charge is -2.32. The lowest BCUT2D eigenvalue weighted by atomic mass is 9.75. The van der Waals surface area contributed by atoms with E-state index in [4.69, 9.17) is 47.9 Å². The molecule has 1 aliphatic heterocycles. The minimum absolute atomic E-state index is 0.0139. The lowest BCUT2D eigenvalue weighted by molar-refractivity contribution is -0.144. The van der Waals surface area contributed by atoms with Gasteiger partial charge in [-0.15, -0.1) is 0 Å². The molecule has 32 heavy (non-hydrogen) atoms. The van der Waals surface area contributed by atoms with Crippen molar-refractivity contribution in [1.29, 1.82) is 0 Å². The van der Waals surface area contributed by atoms with E-state index in [1.54, 1.807) is 32.0 Å². The molecule has 1 aromatic rings. The van der Waals surface area contributed by atoms with Gasteiger partial charge < -0.3 is 24.7 Å². The molecule has 2 N–H and O–H groups in total. The van der Waals surface area contributed by atoms with E-state index in [0.29, 0.717) is 41.8 Å². The highest BCUT2D eigenvalue weighted by Gasteiger charge is 2.44. The zero-order valence-corrected chi connectivity index (χ0v) is 19.9. The third-order valence-electron chi connectivity index (χ3n) is 4.86. The summed E-state index contributed by atoms with van der Waals surface area (Å²) >= 11 is 12.7. The van der Waals surface area contributed by atoms with Gasteiger partial charge in [0.05, 0.1) is 61.5 Å². The van der Waals surface area contributed by atoms with Gasteiger partial charge in [0.1, 0.15) is 5.92 Å². The van der Waals surface area contributed by atoms with Crippen LogP contribution in [0.25, 0.3) is 0 Å². The Labute approximate surface area is 197 Å². The second-order valence-electron chi connectivity index (χ2n) is 6.91. The number of aliphatic imine (C=N–C) groups is 1. The predicted molar refractivity (Wildman–Crippen MR) is 122 cm³/mol. The molecule has 1 aliphatic rings. The Morgan fingerprint density at radius 2 is 1.88 bits per heavy atom. The quantitative estimate of drug-likeness (QED) is 0.377. The molecule has 0 saturated heterocycles. The van der Waals surface area contributed by atoms with Gasteiger partial charge in [-0.2, -0.15) is 0 Å². The predicted octanol–water partition coefficient (Wildman–Crippen LogP) is 3.15. The molecule has 2 unspecified atom stereocenters. The Morgan fingerprint density at radius 3 is 2.53 bits per heavy atom. The second kappa shape index (κ2) is 12.9. The summed E-state index contributed by atoms with van der Waals surface area (Å²) < 4.78 is 21.3. The van der Waals surface area contributed by atoms with Crippen LogP contribution >= 0.6 is 23.2 Å². The van der Waals surface area contributed by atoms with Crippen LogP contribution in [-0.4, -0.2) is 64.3 Å². The molecule has 0 fully saturated rings. The van der Waals surface area contributed by atoms with Crippen LogP contribution in [0.4, 0.5) is 0 Å². The van der Waals surface area contributed by atoms with Crippen molar-refractivity contribution in [3.05, 3.63) is 45.1 Å². The van der Waals surface area contributed by atoms with E-state index in [-0.39, 0.29) is 30.4 Å². The Kier molecular flexibility index (Phi) is 10.6. The maximum Gasteiger partial charge on any atom is 0.336 e. The van der Waals surface area contributed by atoms with Crippen molar-refractivity contribution in [3.8, 4) is 0 Å². The van der Waals surface area contributed by atoms with E-state index in [2.05, 4.69) is 4.99 Å². The Bertz CT molecular complexity index is 887. The Balaban J connectivity index is 2.54. The van der Waals surface area contributed by atoms with Gasteiger partial charge >= 0.3 is 11.9 Å². The zero-order chi connectivity index (χ0) is 23.7. The third-order valence-corrected chi connectivity index (χ3v) is 5.69. The smallest absolute Gasteiger partial charge is 0.336 e. The van der Waals surface area contributed by atoms with Crippen molar-refractivity contribution in [1.82, 2.24) is 0 Å². The summed E-state index contributed by atoms with van der Waals surface area (Å²) in [6, 6.07) is 5.04. The lowest BCUT2D eigenvalue weighted by Crippen LogP contribution is -2.37. The molecule has 0 bridgehead atoms. The molecule has 2 rings (SSSR count). The number of hydrogen-bond acceptors (Lipinski definition) is 8. The van der Waals surface area contributed by atoms with Crippen LogP contribution in [0.5, 0.6) is 0 Å². The van der Waals surface area contributed by atoms with Crippen LogP contribution in [0.2, 0.25) is 10.0 Å². The standard InChI is InChI=1S/C22H28Cl2N2O6/c1-4-32-22(28)19-16(12-31-11-10-30-9-8-25)26-13(2)17(21(27)29-3)18(19)14-6-5-7-15(23)20(14)24/h5-7,17-18H,4,8-12,25H2,1-3H3. The first-order chi connectivity index (χ1) is 15.4. The molecular formula is C22H28Cl2N2O6. The summed E-state index contributed by atoms with van der Waals surface area (Å²) in [5.74, 6) is -2.86. The summed E-state index contributed by atoms with van der Waals surface area (Å²) in [6.07, 6.45) is 0. The third kappa shape index (κ3) is 6.30. The molecule has 0 spiro atoms. The molecule has 0 radical (unpaired) electrons. The minimum atomic E-state index is -0.882. The van der Waals surface area contributed by atoms with Gasteiger partial charge in [-0.25, -0.2) is 4.79 Å². The van der Waals surface area contributed by atoms with E-state index in [1.165, 1.54) is 7.11 Å². The van der Waals surface area contributed by atoms with Gasteiger partial charge in [-0.3, -0.25) is 9.79 Å². The van der Waals surface area contributed by atoms with Crippen LogP contribution < -0.4 is 5.73 Å². The number of methoxy groups -OCH3 is 1. The topological polar surface area (TPSA) is 109 Å². The number of carbonyl (C=O) groups is 2. The van der Waals surface area contributed by atoms with Crippen molar-refractivity contribution in [3.63, 3.8) is 0 Å². The molecule has 0 aliphatic carbocycles. The number of ether oxygens (including phenoxy) is 4. The van der Waals surface area contributed by atoms with Crippen molar-refractivity contribution in [2.24, 2.45) is 16.6 Å². The van der Waals surface area contributed by atoms with Crippen LogP contribution in [-0.2, 0) is 28.5 Å². The fourth-order valence-electron chi connectivity index (χ4n) is 3.50. The number of rotatable bonds is 11. The Hall–Kier alpha value is -1.97. The summed E-state index contributed by atoms with van der Waals surface area (Å²) in [6.45, 7) is 5.00. The first-order valence-electron chi connectivity index (χ1n) is 10.2. The number of hydrogen-bond donors (Lipinski definition) is 1. The van der Waals surface area contributed by atoms with Crippen LogP contribution in [0.1, 0.15) is 25.3 Å². The summed E-state index contributed by atoms with van der Waals surface area (Å²) in [5, 5.41) is 0.533. The minimum Gasteiger partial charge on any atom is -0.468 e. The van der Waals surface area contributed by atoms with Gasteiger partial charge in [0.2, 0.25) is 0 Å². The highest BCUT2D eigenvalue weighted by Crippen LogP contribution is 2.44. The molecular weight excluding hydrogens is 459 g/mol. The number of halogens is 2. The first kappa shape index (κ1) is 26.3. The first-order valence-corrected chi connectivity index (χ1v) is 11.0. The normalized spacial score (nSPS) is 18.4. The van der Waals surface area contributed by atoms with E-state index < -0.39 is 23.8 Å². The van der Waals surface area contributed by atoms with Crippen molar-refractivity contribution < 1.29 is 28.5 Å². The number of benzene rings is 1. The largest absolute Gasteiger partial charge is 0.468 e. The van der Waals surface area contributed by atoms with Crippen molar-refractivity contribution >= 4 is 40.9 Å². The SMILES string of the molecule is CCOC(=O)C1=C(COCCOCCN)N=C(C)C(C(=O)OC)C1c1cccc(Cl)c1Cl. The fourth-order valence-corrected chi connectivity index (χ4v) is 3.92. The number of nitrogens with two attached hydrogens (primary N) is 1. The number of nitrogens with zero attached hydrogens (tertiary/aromatic N) is 1. The monoisotopic (exact) mass is 486 g/mol. The molecule has 2 atom stereocenters. The summed E-state index contributed by atoms with van der Waals surface area (Å²) in [5.41, 5.74) is 6.88. The maximum absolute atomic E-state index is 13.1. The molecule has 10 heteroatoms. The number of carbonyl (C=O) groups excluding carboxylic acids is 2. The van der Waals surface area contributed by atoms with E-state index >= 15 is 0 Å². The molecule has 0 amide bonds. The van der Waals surface area contributed by atoms with E-state index in [0.717, 1.165) is 0 Å². The fraction of sp³-hybridized carbons (Fsp3) is 0.500. The van der Waals surface area contributed by atoms with Crippen LogP contribution in [0, 0.1) is 5.92 Å². The van der Waals surface area contributed by atoms with E-state index in [9.17, 15) is 9.59 Å². The van der Waals surface area contributed by atoms with Crippen LogP contribution in [0.3, 0.4) is 0 Å². The molecule has 1 heterocycles. The highest BCUT2D eigenvalue weighted by atomic mass is 35.5. The van der Waals surface area contributed by atoms with Crippen molar-refractivity contribution in [2.45, 2.75) is 19.8 Å². The van der Waals surface area contributed by atoms with Gasteiger partial charge in [-0.05, 0) is 25.5 Å². The summed E-state index contributed by atoms with van der Waals surface area (Å²) in [4.78, 5) is 30.3.